The van der Waals surface area contributed by atoms with Crippen molar-refractivity contribution in [2.75, 3.05) is 39.3 Å². The Bertz CT molecular complexity index is 403. The molecule has 0 aromatic heterocycles. The summed E-state index contributed by atoms with van der Waals surface area (Å²) in [7, 11) is 0. The van der Waals surface area contributed by atoms with Crippen molar-refractivity contribution >= 4 is 23.9 Å². The van der Waals surface area contributed by atoms with E-state index in [2.05, 4.69) is 13.8 Å². The Morgan fingerprint density at radius 3 is 1.21 bits per heavy atom. The van der Waals surface area contributed by atoms with Crippen LogP contribution in [-0.4, -0.2) is 93.4 Å². The minimum atomic E-state index is -1.23. The van der Waals surface area contributed by atoms with Crippen molar-refractivity contribution < 1.29 is 69.2 Å². The molecule has 0 amide bonds. The molecule has 0 aromatic rings. The number of carbonyl (C=O) groups is 4. The minimum Gasteiger partial charge on any atom is -0.480 e. The van der Waals surface area contributed by atoms with Gasteiger partial charge in [0.2, 0.25) is 0 Å². The average molecular weight is 428 g/mol. The van der Waals surface area contributed by atoms with Crippen molar-refractivity contribution in [2.24, 2.45) is 0 Å². The molecular weight excluding hydrogens is 395 g/mol. The minimum absolute atomic E-state index is 0. The second kappa shape index (κ2) is 21.5. The van der Waals surface area contributed by atoms with Gasteiger partial charge in [0.15, 0.2) is 0 Å². The van der Waals surface area contributed by atoms with E-state index in [4.69, 9.17) is 20.4 Å². The zero-order chi connectivity index (χ0) is 21.9. The summed E-state index contributed by atoms with van der Waals surface area (Å²) in [5.74, 6) is -4.91. The summed E-state index contributed by atoms with van der Waals surface area (Å²) in [5, 5.41) is 34.5. The molecule has 4 N–H and O–H groups in total. The Balaban J connectivity index is -0.000000636. The number of carboxylic acids is 4. The van der Waals surface area contributed by atoms with Crippen LogP contribution in [0.4, 0.5) is 0 Å². The van der Waals surface area contributed by atoms with E-state index < -0.39 is 50.1 Å². The van der Waals surface area contributed by atoms with E-state index in [1.165, 1.54) is 32.1 Å². The van der Waals surface area contributed by atoms with Crippen LogP contribution in [0.1, 0.15) is 45.4 Å². The number of unbranched alkanes of at least 4 members (excludes halogenated alkanes) is 5. The monoisotopic (exact) mass is 428 g/mol. The smallest absolute Gasteiger partial charge is 0.480 e. The Labute approximate surface area is 194 Å². The number of carboxylic acid groups (broad SMARTS) is 4. The van der Waals surface area contributed by atoms with Gasteiger partial charge in [-0.3, -0.25) is 29.0 Å². The van der Waals surface area contributed by atoms with Crippen LogP contribution in [-0.2, 0) is 19.2 Å². The second-order valence-electron chi connectivity index (χ2n) is 6.26. The molecule has 0 heterocycles. The number of nitrogens with zero attached hydrogens (tertiary/aromatic N) is 2. The molecule has 0 aliphatic carbocycles. The first-order valence-corrected chi connectivity index (χ1v) is 9.23. The van der Waals surface area contributed by atoms with Crippen LogP contribution in [0, 0.1) is 6.92 Å². The predicted molar refractivity (Wildman–Crippen MR) is 102 cm³/mol. The van der Waals surface area contributed by atoms with Crippen molar-refractivity contribution in [3.05, 3.63) is 6.92 Å². The first-order valence-electron chi connectivity index (χ1n) is 9.23. The summed E-state index contributed by atoms with van der Waals surface area (Å²) >= 11 is 0. The molecule has 0 spiro atoms. The Kier molecular flexibility index (Phi) is 24.1. The maximum absolute atomic E-state index is 10.6. The van der Waals surface area contributed by atoms with Gasteiger partial charge in [0, 0.05) is 13.1 Å². The van der Waals surface area contributed by atoms with E-state index in [1.807, 2.05) is 0 Å². The molecular formula is C18H33N2NaO8. The Morgan fingerprint density at radius 2 is 0.966 bits per heavy atom. The molecule has 0 bridgehead atoms. The summed E-state index contributed by atoms with van der Waals surface area (Å²) in [6, 6.07) is 0. The number of aliphatic carboxylic acids is 4. The fraction of sp³-hybridized carbons (Fsp3) is 0.722. The van der Waals surface area contributed by atoms with Gasteiger partial charge >= 0.3 is 53.4 Å². The molecule has 0 aromatic carbocycles. The van der Waals surface area contributed by atoms with Crippen LogP contribution < -0.4 is 29.6 Å². The zero-order valence-corrected chi connectivity index (χ0v) is 19.5. The van der Waals surface area contributed by atoms with Gasteiger partial charge in [-0.05, 0) is 0 Å². The van der Waals surface area contributed by atoms with Crippen molar-refractivity contribution in [1.29, 1.82) is 0 Å². The Hall–Kier alpha value is -1.20. The van der Waals surface area contributed by atoms with E-state index in [9.17, 15) is 19.2 Å². The molecule has 29 heavy (non-hydrogen) atoms. The maximum Gasteiger partial charge on any atom is 1.00 e. The molecule has 0 rings (SSSR count). The van der Waals surface area contributed by atoms with Gasteiger partial charge in [0.25, 0.3) is 0 Å². The summed E-state index contributed by atoms with van der Waals surface area (Å²) in [4.78, 5) is 44.4. The van der Waals surface area contributed by atoms with Gasteiger partial charge < -0.3 is 27.3 Å². The van der Waals surface area contributed by atoms with E-state index in [-0.39, 0.29) is 42.6 Å². The van der Waals surface area contributed by atoms with Crippen LogP contribution in [0.5, 0.6) is 0 Å². The van der Waals surface area contributed by atoms with Crippen LogP contribution in [0.2, 0.25) is 0 Å². The van der Waals surface area contributed by atoms with E-state index in [0.717, 1.165) is 16.2 Å². The summed E-state index contributed by atoms with van der Waals surface area (Å²) in [6.07, 6.45) is 7.98. The molecule has 0 aliphatic rings. The topological polar surface area (TPSA) is 156 Å². The molecule has 11 heteroatoms. The molecule has 0 radical (unpaired) electrons. The predicted octanol–water partition coefficient (Wildman–Crippen LogP) is -1.89. The largest absolute Gasteiger partial charge is 1.00 e. The standard InChI is InChI=1S/C10H16N2O8.C8H17.Na/c13-7(14)3-11(4-8(15)16)1-2-12(5-9(17)18)6-10(19)20;1-3-5-7-8-6-4-2;/h1-6H2,(H,13,14)(H,15,16)(H,17,18)(H,19,20);1,3-8H2,2H3;/q;-1;+1. The molecule has 0 saturated carbocycles. The van der Waals surface area contributed by atoms with Gasteiger partial charge in [-0.2, -0.15) is 6.42 Å². The second-order valence-corrected chi connectivity index (χ2v) is 6.26. The quantitative estimate of drug-likeness (QED) is 0.125. The van der Waals surface area contributed by atoms with E-state index in [1.54, 1.807) is 0 Å². The fourth-order valence-electron chi connectivity index (χ4n) is 2.26. The van der Waals surface area contributed by atoms with Crippen molar-refractivity contribution in [3.63, 3.8) is 0 Å². The van der Waals surface area contributed by atoms with Gasteiger partial charge in [-0.25, -0.2) is 0 Å². The molecule has 0 aliphatic heterocycles. The first-order chi connectivity index (χ1) is 13.1. The maximum atomic E-state index is 10.6. The third kappa shape index (κ3) is 26.8. The normalized spacial score (nSPS) is 10.1. The SMILES string of the molecule is O=C(O)CN(CCN(CC(=O)O)CC(=O)O)CC(=O)O.[CH2-]CCCCCCC.[Na+]. The third-order valence-electron chi connectivity index (χ3n) is 3.52. The van der Waals surface area contributed by atoms with Crippen LogP contribution in [0.25, 0.3) is 0 Å². The van der Waals surface area contributed by atoms with Crippen molar-refractivity contribution in [1.82, 2.24) is 9.80 Å². The summed E-state index contributed by atoms with van der Waals surface area (Å²) < 4.78 is 0. The average Bonchev–Trinajstić information content (AvgIpc) is 2.55. The number of rotatable bonds is 16. The van der Waals surface area contributed by atoms with Crippen LogP contribution in [0.15, 0.2) is 0 Å². The van der Waals surface area contributed by atoms with Crippen molar-refractivity contribution in [2.45, 2.75) is 45.4 Å². The van der Waals surface area contributed by atoms with Gasteiger partial charge in [-0.1, -0.05) is 39.0 Å². The van der Waals surface area contributed by atoms with E-state index >= 15 is 0 Å². The molecule has 164 valence electrons. The van der Waals surface area contributed by atoms with Crippen LogP contribution >= 0.6 is 0 Å². The summed E-state index contributed by atoms with van der Waals surface area (Å²) in [5.41, 5.74) is 0. The molecule has 0 fully saturated rings. The zero-order valence-electron chi connectivity index (χ0n) is 17.5. The fourth-order valence-corrected chi connectivity index (χ4v) is 2.26. The molecule has 0 saturated heterocycles. The number of hydrogen-bond donors (Lipinski definition) is 4. The van der Waals surface area contributed by atoms with Gasteiger partial charge in [0.1, 0.15) is 0 Å². The first kappa shape index (κ1) is 32.5. The summed E-state index contributed by atoms with van der Waals surface area (Å²) in [6.45, 7) is 3.77. The molecule has 0 atom stereocenters. The van der Waals surface area contributed by atoms with Gasteiger partial charge in [-0.15, -0.1) is 0 Å². The van der Waals surface area contributed by atoms with E-state index in [0.29, 0.717) is 0 Å². The van der Waals surface area contributed by atoms with Gasteiger partial charge in [0.05, 0.1) is 26.2 Å². The van der Waals surface area contributed by atoms with Crippen LogP contribution in [0.3, 0.4) is 0 Å². The third-order valence-corrected chi connectivity index (χ3v) is 3.52. The van der Waals surface area contributed by atoms with Crippen molar-refractivity contribution in [3.8, 4) is 0 Å². The number of hydrogen-bond acceptors (Lipinski definition) is 6. The molecule has 0 unspecified atom stereocenters. The molecule has 10 nitrogen and oxygen atoms in total. The Morgan fingerprint density at radius 1 is 0.655 bits per heavy atom.